The molecular formula is C22H27N3O6. The number of nitrogens with one attached hydrogen (secondary N) is 1. The highest BCUT2D eigenvalue weighted by atomic mass is 16.6. The van der Waals surface area contributed by atoms with E-state index in [0.29, 0.717) is 29.7 Å². The van der Waals surface area contributed by atoms with Crippen LogP contribution in [0.4, 0.5) is 10.5 Å². The minimum absolute atomic E-state index is 0.00751. The number of likely N-dealkylation sites (N-methyl/N-ethyl adjacent to an activating group) is 1. The molecule has 0 saturated carbocycles. The minimum Gasteiger partial charge on any atom is -0.489 e. The van der Waals surface area contributed by atoms with Crippen LogP contribution < -0.4 is 24.4 Å². The summed E-state index contributed by atoms with van der Waals surface area (Å²) in [6, 6.07) is 7.96. The van der Waals surface area contributed by atoms with Gasteiger partial charge in [0, 0.05) is 25.4 Å². The minimum atomic E-state index is -0.874. The summed E-state index contributed by atoms with van der Waals surface area (Å²) in [6.07, 6.45) is 0.970. The Morgan fingerprint density at radius 2 is 2.06 bits per heavy atom. The Morgan fingerprint density at radius 3 is 2.77 bits per heavy atom. The van der Waals surface area contributed by atoms with E-state index >= 15 is 0 Å². The number of pyridine rings is 1. The molecule has 0 bridgehead atoms. The third-order valence-electron chi connectivity index (χ3n) is 4.43. The molecule has 0 fully saturated rings. The molecule has 31 heavy (non-hydrogen) atoms. The molecule has 0 unspecified atom stereocenters. The Balaban J connectivity index is 1.70. The van der Waals surface area contributed by atoms with E-state index in [4.69, 9.17) is 18.9 Å². The summed E-state index contributed by atoms with van der Waals surface area (Å²) < 4.78 is 22.0. The van der Waals surface area contributed by atoms with Crippen molar-refractivity contribution in [1.29, 1.82) is 0 Å². The van der Waals surface area contributed by atoms with Crippen molar-refractivity contribution < 1.29 is 28.5 Å². The number of hydrogen-bond acceptors (Lipinski definition) is 7. The molecule has 2 aromatic rings. The molecule has 3 rings (SSSR count). The fraction of sp³-hybridized carbons (Fsp3) is 0.409. The van der Waals surface area contributed by atoms with Gasteiger partial charge in [0.05, 0.1) is 12.8 Å². The number of anilines is 1. The van der Waals surface area contributed by atoms with Gasteiger partial charge in [0.15, 0.2) is 0 Å². The van der Waals surface area contributed by atoms with Crippen molar-refractivity contribution in [3.8, 4) is 17.4 Å². The van der Waals surface area contributed by atoms with E-state index in [9.17, 15) is 9.59 Å². The molecule has 2 heterocycles. The van der Waals surface area contributed by atoms with Gasteiger partial charge in [0.25, 0.3) is 5.91 Å². The van der Waals surface area contributed by atoms with Gasteiger partial charge in [-0.1, -0.05) is 0 Å². The number of hydrogen-bond donors (Lipinski definition) is 1. The molecule has 1 aliphatic heterocycles. The van der Waals surface area contributed by atoms with Gasteiger partial charge in [-0.3, -0.25) is 4.79 Å². The summed E-state index contributed by atoms with van der Waals surface area (Å²) in [5, 5.41) is 2.58. The number of aromatic nitrogens is 1. The van der Waals surface area contributed by atoms with E-state index in [2.05, 4.69) is 10.3 Å². The van der Waals surface area contributed by atoms with E-state index < -0.39 is 17.7 Å². The number of benzene rings is 1. The number of alkyl carbamates (subject to hydrolysis) is 1. The second-order valence-electron chi connectivity index (χ2n) is 8.03. The average Bonchev–Trinajstić information content (AvgIpc) is 2.83. The molecule has 2 amide bonds. The highest BCUT2D eigenvalue weighted by Gasteiger charge is 2.32. The largest absolute Gasteiger partial charge is 0.489 e. The van der Waals surface area contributed by atoms with Crippen LogP contribution in [0.1, 0.15) is 26.3 Å². The molecule has 0 aliphatic carbocycles. The van der Waals surface area contributed by atoms with Crippen molar-refractivity contribution in [3.05, 3.63) is 42.1 Å². The van der Waals surface area contributed by atoms with Crippen LogP contribution in [0.25, 0.3) is 0 Å². The predicted octanol–water partition coefficient (Wildman–Crippen LogP) is 2.92. The first-order chi connectivity index (χ1) is 14.7. The number of methoxy groups -OCH3 is 1. The second-order valence-corrected chi connectivity index (χ2v) is 8.03. The molecule has 0 saturated heterocycles. The topological polar surface area (TPSA) is 99.2 Å². The Labute approximate surface area is 181 Å². The van der Waals surface area contributed by atoms with Gasteiger partial charge >= 0.3 is 6.09 Å². The lowest BCUT2D eigenvalue weighted by molar-refractivity contribution is -0.120. The van der Waals surface area contributed by atoms with Gasteiger partial charge in [0.1, 0.15) is 36.4 Å². The molecule has 1 aromatic carbocycles. The van der Waals surface area contributed by atoms with Crippen LogP contribution in [0.15, 0.2) is 36.5 Å². The zero-order valence-corrected chi connectivity index (χ0v) is 18.3. The van der Waals surface area contributed by atoms with Crippen molar-refractivity contribution in [1.82, 2.24) is 10.3 Å². The van der Waals surface area contributed by atoms with E-state index in [1.807, 2.05) is 6.07 Å². The molecule has 1 aliphatic rings. The molecule has 9 heteroatoms. The molecule has 0 spiro atoms. The lowest BCUT2D eigenvalue weighted by Gasteiger charge is -2.23. The smallest absolute Gasteiger partial charge is 0.408 e. The van der Waals surface area contributed by atoms with Gasteiger partial charge in [-0.05, 0) is 44.5 Å². The number of carbonyl (C=O) groups is 2. The maximum absolute atomic E-state index is 12.9. The highest BCUT2D eigenvalue weighted by molar-refractivity contribution is 6.00. The van der Waals surface area contributed by atoms with Gasteiger partial charge in [-0.15, -0.1) is 0 Å². The van der Waals surface area contributed by atoms with Crippen molar-refractivity contribution in [2.75, 3.05) is 25.7 Å². The Hall–Kier alpha value is -3.49. The average molecular weight is 429 g/mol. The fourth-order valence-electron chi connectivity index (χ4n) is 2.94. The Bertz CT molecular complexity index is 957. The predicted molar refractivity (Wildman–Crippen MR) is 114 cm³/mol. The second kappa shape index (κ2) is 9.11. The summed E-state index contributed by atoms with van der Waals surface area (Å²) in [4.78, 5) is 30.5. The first-order valence-corrected chi connectivity index (χ1v) is 9.82. The first kappa shape index (κ1) is 22.2. The summed E-state index contributed by atoms with van der Waals surface area (Å²) in [6.45, 7) is 5.56. The number of nitrogens with zero attached hydrogens (tertiary/aromatic N) is 2. The van der Waals surface area contributed by atoms with Crippen molar-refractivity contribution >= 4 is 17.7 Å². The summed E-state index contributed by atoms with van der Waals surface area (Å²) in [7, 11) is 3.17. The summed E-state index contributed by atoms with van der Waals surface area (Å²) >= 11 is 0. The number of ether oxygens (including phenoxy) is 4. The highest BCUT2D eigenvalue weighted by Crippen LogP contribution is 2.34. The van der Waals surface area contributed by atoms with Crippen LogP contribution in [0.2, 0.25) is 0 Å². The monoisotopic (exact) mass is 429 g/mol. The van der Waals surface area contributed by atoms with Gasteiger partial charge in [0.2, 0.25) is 5.88 Å². The maximum atomic E-state index is 12.9. The number of carbonyl (C=O) groups excluding carboxylic acids is 2. The molecule has 0 radical (unpaired) electrons. The van der Waals surface area contributed by atoms with Crippen molar-refractivity contribution in [2.45, 2.75) is 39.0 Å². The SMILES string of the molecule is COc1cc(COc2ccc3c(c2)N(C)C(=O)[C@@H](NC(=O)OC(C)(C)C)CO3)ccn1. The number of rotatable bonds is 5. The third kappa shape index (κ3) is 5.78. The summed E-state index contributed by atoms with van der Waals surface area (Å²) in [5.41, 5.74) is 0.769. The lowest BCUT2D eigenvalue weighted by Crippen LogP contribution is -2.50. The number of fused-ring (bicyclic) bond motifs is 1. The molecule has 1 aromatic heterocycles. The van der Waals surface area contributed by atoms with Crippen LogP contribution in [-0.2, 0) is 16.1 Å². The van der Waals surface area contributed by atoms with E-state index in [1.54, 1.807) is 65.4 Å². The lowest BCUT2D eigenvalue weighted by atomic mass is 10.2. The van der Waals surface area contributed by atoms with Crippen LogP contribution >= 0.6 is 0 Å². The van der Waals surface area contributed by atoms with E-state index in [1.165, 1.54) is 4.90 Å². The fourth-order valence-corrected chi connectivity index (χ4v) is 2.94. The van der Waals surface area contributed by atoms with E-state index in [-0.39, 0.29) is 12.5 Å². The van der Waals surface area contributed by atoms with Gasteiger partial charge < -0.3 is 29.2 Å². The first-order valence-electron chi connectivity index (χ1n) is 9.82. The summed E-state index contributed by atoms with van der Waals surface area (Å²) in [5.74, 6) is 1.27. The molecule has 9 nitrogen and oxygen atoms in total. The molecule has 1 atom stereocenters. The standard InChI is InChI=1S/C22H27N3O6/c1-22(2,3)31-21(27)24-16-13-30-18-7-6-15(11-17(18)25(4)20(16)26)29-12-14-8-9-23-19(10-14)28-5/h6-11,16H,12-13H2,1-5H3,(H,24,27)/t16-/m0/s1. The van der Waals surface area contributed by atoms with Crippen molar-refractivity contribution in [3.63, 3.8) is 0 Å². The van der Waals surface area contributed by atoms with Crippen LogP contribution in [0.3, 0.4) is 0 Å². The third-order valence-corrected chi connectivity index (χ3v) is 4.43. The van der Waals surface area contributed by atoms with Gasteiger partial charge in [-0.25, -0.2) is 9.78 Å². The van der Waals surface area contributed by atoms with Crippen LogP contribution in [0.5, 0.6) is 17.4 Å². The van der Waals surface area contributed by atoms with Crippen LogP contribution in [-0.4, -0.2) is 49.4 Å². The molecule has 1 N–H and O–H groups in total. The maximum Gasteiger partial charge on any atom is 0.408 e. The number of amides is 2. The van der Waals surface area contributed by atoms with Crippen molar-refractivity contribution in [2.24, 2.45) is 0 Å². The molecule has 166 valence electrons. The molecular weight excluding hydrogens is 402 g/mol. The zero-order valence-electron chi connectivity index (χ0n) is 18.3. The Kier molecular flexibility index (Phi) is 6.53. The quantitative estimate of drug-likeness (QED) is 0.780. The van der Waals surface area contributed by atoms with E-state index in [0.717, 1.165) is 5.56 Å². The Morgan fingerprint density at radius 1 is 1.29 bits per heavy atom. The zero-order chi connectivity index (χ0) is 22.6. The van der Waals surface area contributed by atoms with Gasteiger partial charge in [-0.2, -0.15) is 0 Å². The normalized spacial score (nSPS) is 16.0. The van der Waals surface area contributed by atoms with Crippen LogP contribution in [0, 0.1) is 0 Å².